The van der Waals surface area contributed by atoms with Gasteiger partial charge in [-0.1, -0.05) is 13.8 Å². The predicted octanol–water partition coefficient (Wildman–Crippen LogP) is 3.23. The van der Waals surface area contributed by atoms with Crippen LogP contribution in [-0.2, 0) is 4.84 Å². The maximum Gasteiger partial charge on any atom is 0.266 e. The monoisotopic (exact) mass is 244 g/mol. The highest BCUT2D eigenvalue weighted by Gasteiger charge is 2.18. The first-order valence-corrected chi connectivity index (χ1v) is 5.45. The molecule has 0 amide bonds. The predicted molar refractivity (Wildman–Crippen MR) is 65.0 cm³/mol. The molecule has 0 radical (unpaired) electrons. The molecule has 5 heteroatoms. The fourth-order valence-corrected chi connectivity index (χ4v) is 1.58. The number of hydrogen-bond donors (Lipinski definition) is 1. The summed E-state index contributed by atoms with van der Waals surface area (Å²) in [6.45, 7) is 4.52. The van der Waals surface area contributed by atoms with E-state index in [1.807, 2.05) is 13.8 Å². The fourth-order valence-electron chi connectivity index (χ4n) is 1.58. The summed E-state index contributed by atoms with van der Waals surface area (Å²) in [5.74, 6) is 0.304. The highest BCUT2D eigenvalue weighted by molar-refractivity contribution is 5.59. The number of hydroxylamine groups is 1. The molecule has 0 heterocycles. The van der Waals surface area contributed by atoms with Crippen LogP contribution < -0.4 is 10.8 Å². The number of halogens is 2. The van der Waals surface area contributed by atoms with Gasteiger partial charge in [-0.05, 0) is 24.1 Å². The van der Waals surface area contributed by atoms with Crippen molar-refractivity contribution in [2.75, 3.05) is 24.5 Å². The minimum atomic E-state index is -2.57. The summed E-state index contributed by atoms with van der Waals surface area (Å²) in [6.07, 6.45) is -2.57. The van der Waals surface area contributed by atoms with E-state index in [2.05, 4.69) is 0 Å². The molecule has 0 spiro atoms. The Morgan fingerprint density at radius 1 is 1.35 bits per heavy atom. The molecule has 0 aliphatic heterocycles. The Morgan fingerprint density at radius 2 is 2.00 bits per heavy atom. The van der Waals surface area contributed by atoms with E-state index >= 15 is 0 Å². The van der Waals surface area contributed by atoms with Gasteiger partial charge in [0.25, 0.3) is 6.43 Å². The van der Waals surface area contributed by atoms with Gasteiger partial charge in [0.05, 0.1) is 12.8 Å². The Bertz CT molecular complexity index is 370. The molecule has 0 aliphatic rings. The number of nitrogens with zero attached hydrogens (tertiary/aromatic N) is 1. The Labute approximate surface area is 100 Å². The molecule has 2 N–H and O–H groups in total. The largest absolute Gasteiger partial charge is 0.399 e. The first-order valence-electron chi connectivity index (χ1n) is 5.45. The SMILES string of the molecule is CON(CC(C)C)c1ccc(N)cc1C(F)F. The van der Waals surface area contributed by atoms with Gasteiger partial charge in [-0.15, -0.1) is 0 Å². The summed E-state index contributed by atoms with van der Waals surface area (Å²) in [7, 11) is 1.47. The van der Waals surface area contributed by atoms with Crippen molar-refractivity contribution in [3.05, 3.63) is 23.8 Å². The lowest BCUT2D eigenvalue weighted by molar-refractivity contribution is 0.137. The molecule has 0 fully saturated rings. The molecular weight excluding hydrogens is 226 g/mol. The van der Waals surface area contributed by atoms with Crippen molar-refractivity contribution >= 4 is 11.4 Å². The molecule has 0 saturated heterocycles. The molecule has 0 saturated carbocycles. The number of nitrogens with two attached hydrogens (primary N) is 1. The average molecular weight is 244 g/mol. The van der Waals surface area contributed by atoms with Crippen LogP contribution in [0, 0.1) is 5.92 Å². The molecule has 1 aromatic rings. The second-order valence-corrected chi connectivity index (χ2v) is 4.26. The van der Waals surface area contributed by atoms with E-state index in [0.29, 0.717) is 23.8 Å². The van der Waals surface area contributed by atoms with Gasteiger partial charge in [0.1, 0.15) is 0 Å². The number of alkyl halides is 2. The van der Waals surface area contributed by atoms with Crippen molar-refractivity contribution in [3.63, 3.8) is 0 Å². The van der Waals surface area contributed by atoms with E-state index in [1.54, 1.807) is 12.1 Å². The van der Waals surface area contributed by atoms with E-state index in [-0.39, 0.29) is 5.56 Å². The quantitative estimate of drug-likeness (QED) is 0.638. The standard InChI is InChI=1S/C12H18F2N2O/c1-8(2)7-16(17-3)11-5-4-9(15)6-10(11)12(13)14/h4-6,8,12H,7,15H2,1-3H3. The fraction of sp³-hybridized carbons (Fsp3) is 0.500. The topological polar surface area (TPSA) is 38.5 Å². The van der Waals surface area contributed by atoms with Gasteiger partial charge in [0, 0.05) is 17.8 Å². The number of anilines is 2. The second kappa shape index (κ2) is 5.82. The Hall–Kier alpha value is -1.36. The van der Waals surface area contributed by atoms with Gasteiger partial charge in [0.2, 0.25) is 0 Å². The first kappa shape index (κ1) is 13.7. The van der Waals surface area contributed by atoms with Crippen LogP contribution in [0.1, 0.15) is 25.8 Å². The van der Waals surface area contributed by atoms with Gasteiger partial charge >= 0.3 is 0 Å². The van der Waals surface area contributed by atoms with Crippen molar-refractivity contribution in [1.82, 2.24) is 0 Å². The minimum Gasteiger partial charge on any atom is -0.399 e. The summed E-state index contributed by atoms with van der Waals surface area (Å²) in [4.78, 5) is 5.14. The number of benzene rings is 1. The van der Waals surface area contributed by atoms with E-state index in [4.69, 9.17) is 10.6 Å². The average Bonchev–Trinajstić information content (AvgIpc) is 2.25. The van der Waals surface area contributed by atoms with Crippen LogP contribution >= 0.6 is 0 Å². The molecule has 96 valence electrons. The zero-order chi connectivity index (χ0) is 13.0. The molecule has 1 rings (SSSR count). The first-order chi connectivity index (χ1) is 7.95. The molecule has 1 aromatic carbocycles. The molecule has 17 heavy (non-hydrogen) atoms. The van der Waals surface area contributed by atoms with Crippen LogP contribution in [0.25, 0.3) is 0 Å². The van der Waals surface area contributed by atoms with E-state index in [0.717, 1.165) is 0 Å². The molecular formula is C12H18F2N2O. The van der Waals surface area contributed by atoms with Gasteiger partial charge in [-0.25, -0.2) is 8.78 Å². The van der Waals surface area contributed by atoms with Crippen molar-refractivity contribution < 1.29 is 13.6 Å². The highest BCUT2D eigenvalue weighted by atomic mass is 19.3. The number of hydrogen-bond acceptors (Lipinski definition) is 3. The maximum atomic E-state index is 12.9. The van der Waals surface area contributed by atoms with Crippen molar-refractivity contribution in [1.29, 1.82) is 0 Å². The van der Waals surface area contributed by atoms with E-state index in [1.165, 1.54) is 18.2 Å². The molecule has 0 unspecified atom stereocenters. The van der Waals surface area contributed by atoms with Gasteiger partial charge < -0.3 is 5.73 Å². The summed E-state index contributed by atoms with van der Waals surface area (Å²) in [5.41, 5.74) is 6.10. The Kier molecular flexibility index (Phi) is 4.69. The lowest BCUT2D eigenvalue weighted by Gasteiger charge is -2.26. The molecule has 3 nitrogen and oxygen atoms in total. The van der Waals surface area contributed by atoms with Gasteiger partial charge in [-0.3, -0.25) is 9.90 Å². The highest BCUT2D eigenvalue weighted by Crippen LogP contribution is 2.32. The second-order valence-electron chi connectivity index (χ2n) is 4.26. The van der Waals surface area contributed by atoms with Crippen molar-refractivity contribution in [2.24, 2.45) is 5.92 Å². The Morgan fingerprint density at radius 3 is 2.47 bits per heavy atom. The lowest BCUT2D eigenvalue weighted by atomic mass is 10.1. The van der Waals surface area contributed by atoms with Crippen LogP contribution in [-0.4, -0.2) is 13.7 Å². The minimum absolute atomic E-state index is 0.104. The van der Waals surface area contributed by atoms with E-state index in [9.17, 15) is 8.78 Å². The van der Waals surface area contributed by atoms with Crippen LogP contribution in [0.2, 0.25) is 0 Å². The number of rotatable bonds is 5. The normalized spacial score (nSPS) is 11.2. The van der Waals surface area contributed by atoms with Crippen LogP contribution in [0.15, 0.2) is 18.2 Å². The van der Waals surface area contributed by atoms with Crippen LogP contribution in [0.3, 0.4) is 0 Å². The van der Waals surface area contributed by atoms with Crippen LogP contribution in [0.5, 0.6) is 0 Å². The number of nitrogen functional groups attached to an aromatic ring is 1. The summed E-state index contributed by atoms with van der Waals surface area (Å²) in [5, 5.41) is 1.46. The van der Waals surface area contributed by atoms with E-state index < -0.39 is 6.43 Å². The third-order valence-corrected chi connectivity index (χ3v) is 2.31. The van der Waals surface area contributed by atoms with Gasteiger partial charge in [0.15, 0.2) is 0 Å². The van der Waals surface area contributed by atoms with Gasteiger partial charge in [-0.2, -0.15) is 0 Å². The van der Waals surface area contributed by atoms with Crippen LogP contribution in [0.4, 0.5) is 20.2 Å². The molecule has 0 atom stereocenters. The smallest absolute Gasteiger partial charge is 0.266 e. The van der Waals surface area contributed by atoms with Crippen molar-refractivity contribution in [2.45, 2.75) is 20.3 Å². The van der Waals surface area contributed by atoms with Crippen molar-refractivity contribution in [3.8, 4) is 0 Å². The molecule has 0 bridgehead atoms. The molecule has 0 aromatic heterocycles. The zero-order valence-corrected chi connectivity index (χ0v) is 10.3. The zero-order valence-electron chi connectivity index (χ0n) is 10.3. The Balaban J connectivity index is 3.09. The summed E-state index contributed by atoms with van der Waals surface area (Å²) >= 11 is 0. The third-order valence-electron chi connectivity index (χ3n) is 2.31. The molecule has 0 aliphatic carbocycles. The lowest BCUT2D eigenvalue weighted by Crippen LogP contribution is -2.27. The third kappa shape index (κ3) is 3.56. The summed E-state index contributed by atoms with van der Waals surface area (Å²) < 4.78 is 25.8. The maximum absolute atomic E-state index is 12.9. The summed E-state index contributed by atoms with van der Waals surface area (Å²) in [6, 6.07) is 4.43.